The Balaban J connectivity index is 2.42. The highest BCUT2D eigenvalue weighted by atomic mass is 16.4. The third-order valence-electron chi connectivity index (χ3n) is 2.31. The van der Waals surface area contributed by atoms with Gasteiger partial charge in [-0.15, -0.1) is 0 Å². The highest BCUT2D eigenvalue weighted by molar-refractivity contribution is 5.81. The van der Waals surface area contributed by atoms with Crippen LogP contribution in [0, 0.1) is 0 Å². The lowest BCUT2D eigenvalue weighted by molar-refractivity contribution is -0.145. The molecule has 2 rings (SSSR count). The molecule has 3 N–H and O–H groups in total. The molecule has 0 saturated heterocycles. The second kappa shape index (κ2) is 3.27. The van der Waals surface area contributed by atoms with Crippen molar-refractivity contribution in [2.45, 2.75) is 12.6 Å². The fraction of sp³-hybridized carbons (Fsp3) is 0.200. The van der Waals surface area contributed by atoms with E-state index in [1.807, 2.05) is 0 Å². The number of aromatic nitrogens is 1. The van der Waals surface area contributed by atoms with Gasteiger partial charge in [-0.25, -0.2) is 4.79 Å². The Morgan fingerprint density at radius 1 is 1.60 bits per heavy atom. The quantitative estimate of drug-likeness (QED) is 0.650. The van der Waals surface area contributed by atoms with Crippen LogP contribution in [0.25, 0.3) is 0 Å². The maximum atomic E-state index is 11.3. The number of pyridine rings is 1. The Bertz CT molecular complexity index is 416. The Kier molecular flexibility index (Phi) is 2.07. The van der Waals surface area contributed by atoms with Crippen molar-refractivity contribution in [3.8, 4) is 0 Å². The molecule has 0 fully saturated rings. The lowest BCUT2D eigenvalue weighted by atomic mass is 10.0. The second-order valence-corrected chi connectivity index (χ2v) is 3.39. The van der Waals surface area contributed by atoms with Gasteiger partial charge in [-0.1, -0.05) is 6.07 Å². The number of aliphatic carboxylic acids is 1. The molecule has 0 saturated carbocycles. The predicted octanol–water partition coefficient (Wildman–Crippen LogP) is 0.373. The molecular weight excluding hydrogens is 194 g/mol. The highest BCUT2D eigenvalue weighted by Gasteiger charge is 2.42. The molecule has 0 aromatic carbocycles. The number of nitrogens with zero attached hydrogens (tertiary/aromatic N) is 1. The van der Waals surface area contributed by atoms with E-state index in [2.05, 4.69) is 15.6 Å². The lowest BCUT2D eigenvalue weighted by Crippen LogP contribution is -2.53. The molecule has 1 atom stereocenters. The molecule has 0 amide bonds. The van der Waals surface area contributed by atoms with E-state index in [-0.39, 0.29) is 0 Å². The summed E-state index contributed by atoms with van der Waals surface area (Å²) in [6, 6.07) is 3.42. The summed E-state index contributed by atoms with van der Waals surface area (Å²) < 4.78 is 0. The van der Waals surface area contributed by atoms with Gasteiger partial charge in [0.05, 0.1) is 0 Å². The Labute approximate surface area is 86.8 Å². The van der Waals surface area contributed by atoms with Gasteiger partial charge in [0.15, 0.2) is 0 Å². The van der Waals surface area contributed by atoms with E-state index in [1.165, 1.54) is 6.20 Å². The zero-order valence-electron chi connectivity index (χ0n) is 8.19. The van der Waals surface area contributed by atoms with Crippen LogP contribution in [0.3, 0.4) is 0 Å². The lowest BCUT2D eigenvalue weighted by Gasteiger charge is -2.26. The topological polar surface area (TPSA) is 74.2 Å². The summed E-state index contributed by atoms with van der Waals surface area (Å²) in [7, 11) is 0. The minimum atomic E-state index is -1.28. The van der Waals surface area contributed by atoms with Gasteiger partial charge in [0.25, 0.3) is 0 Å². The molecule has 1 aliphatic heterocycles. The summed E-state index contributed by atoms with van der Waals surface area (Å²) in [6.45, 7) is 1.80. The van der Waals surface area contributed by atoms with Crippen molar-refractivity contribution in [1.82, 2.24) is 15.6 Å². The number of allylic oxidation sites excluding steroid dienone is 1. The van der Waals surface area contributed by atoms with Gasteiger partial charge in [-0.05, 0) is 13.0 Å². The molecule has 0 spiro atoms. The molecule has 1 aromatic rings. The van der Waals surface area contributed by atoms with Gasteiger partial charge < -0.3 is 15.7 Å². The minimum absolute atomic E-state index is 0.575. The molecule has 0 aliphatic carbocycles. The van der Waals surface area contributed by atoms with Crippen LogP contribution in [0.2, 0.25) is 0 Å². The molecule has 1 aliphatic rings. The van der Waals surface area contributed by atoms with Gasteiger partial charge >= 0.3 is 5.97 Å². The summed E-state index contributed by atoms with van der Waals surface area (Å²) in [5.74, 6) is -0.983. The molecule has 2 heterocycles. The van der Waals surface area contributed by atoms with Crippen molar-refractivity contribution in [2.75, 3.05) is 0 Å². The Hall–Kier alpha value is -2.04. The van der Waals surface area contributed by atoms with Crippen LogP contribution >= 0.6 is 0 Å². The molecule has 5 heteroatoms. The van der Waals surface area contributed by atoms with Crippen LogP contribution in [0.5, 0.6) is 0 Å². The summed E-state index contributed by atoms with van der Waals surface area (Å²) in [5, 5.41) is 15.0. The molecular formula is C10H11N3O2. The third kappa shape index (κ3) is 1.41. The van der Waals surface area contributed by atoms with Crippen LogP contribution < -0.4 is 10.6 Å². The van der Waals surface area contributed by atoms with Crippen molar-refractivity contribution >= 4 is 5.97 Å². The summed E-state index contributed by atoms with van der Waals surface area (Å²) in [5.41, 5.74) is 0.0741. The fourth-order valence-corrected chi connectivity index (χ4v) is 1.56. The van der Waals surface area contributed by atoms with E-state index >= 15 is 0 Å². The van der Waals surface area contributed by atoms with Gasteiger partial charge in [0.2, 0.25) is 5.66 Å². The number of hydrogen-bond acceptors (Lipinski definition) is 4. The van der Waals surface area contributed by atoms with Gasteiger partial charge in [-0.2, -0.15) is 0 Å². The molecule has 1 unspecified atom stereocenters. The normalized spacial score (nSPS) is 23.9. The van der Waals surface area contributed by atoms with E-state index in [9.17, 15) is 9.90 Å². The summed E-state index contributed by atoms with van der Waals surface area (Å²) in [6.07, 6.45) is 4.77. The first-order valence-corrected chi connectivity index (χ1v) is 4.52. The largest absolute Gasteiger partial charge is 0.478 e. The summed E-state index contributed by atoms with van der Waals surface area (Å²) >= 11 is 0. The van der Waals surface area contributed by atoms with Crippen LogP contribution in [0.15, 0.2) is 36.4 Å². The van der Waals surface area contributed by atoms with E-state index in [1.54, 1.807) is 31.5 Å². The van der Waals surface area contributed by atoms with Crippen molar-refractivity contribution < 1.29 is 9.90 Å². The van der Waals surface area contributed by atoms with E-state index in [0.717, 1.165) is 5.70 Å². The zero-order valence-corrected chi connectivity index (χ0v) is 8.19. The molecule has 1 aromatic heterocycles. The minimum Gasteiger partial charge on any atom is -0.478 e. The van der Waals surface area contributed by atoms with Crippen LogP contribution in [-0.2, 0) is 10.5 Å². The molecule has 5 nitrogen and oxygen atoms in total. The smallest absolute Gasteiger partial charge is 0.355 e. The number of nitrogens with one attached hydrogen (secondary N) is 2. The molecule has 15 heavy (non-hydrogen) atoms. The Morgan fingerprint density at radius 2 is 2.40 bits per heavy atom. The first-order chi connectivity index (χ1) is 7.15. The Morgan fingerprint density at radius 3 is 2.87 bits per heavy atom. The number of rotatable bonds is 2. The number of hydrogen-bond donors (Lipinski definition) is 3. The summed E-state index contributed by atoms with van der Waals surface area (Å²) in [4.78, 5) is 15.2. The second-order valence-electron chi connectivity index (χ2n) is 3.39. The van der Waals surface area contributed by atoms with Crippen molar-refractivity contribution in [1.29, 1.82) is 0 Å². The average Bonchev–Trinajstić information content (AvgIpc) is 2.63. The fourth-order valence-electron chi connectivity index (χ4n) is 1.56. The van der Waals surface area contributed by atoms with Crippen molar-refractivity contribution in [3.05, 3.63) is 42.0 Å². The van der Waals surface area contributed by atoms with E-state index in [0.29, 0.717) is 5.56 Å². The number of carbonyl (C=O) groups is 1. The van der Waals surface area contributed by atoms with Gasteiger partial charge in [-0.3, -0.25) is 4.98 Å². The number of carboxylic acids is 1. The van der Waals surface area contributed by atoms with Crippen molar-refractivity contribution in [3.63, 3.8) is 0 Å². The first-order valence-electron chi connectivity index (χ1n) is 4.52. The first kappa shape index (κ1) is 9.51. The standard InChI is InChI=1S/C10H11N3O2/c1-7-5-12-10(13-7,9(14)15)8-3-2-4-11-6-8/h2-6,12-13H,1H3,(H,14,15). The number of carboxylic acid groups (broad SMARTS) is 1. The third-order valence-corrected chi connectivity index (χ3v) is 2.31. The van der Waals surface area contributed by atoms with Crippen LogP contribution in [-0.4, -0.2) is 16.1 Å². The highest BCUT2D eigenvalue weighted by Crippen LogP contribution is 2.22. The van der Waals surface area contributed by atoms with Gasteiger partial charge in [0.1, 0.15) is 0 Å². The maximum Gasteiger partial charge on any atom is 0.355 e. The van der Waals surface area contributed by atoms with Crippen LogP contribution in [0.1, 0.15) is 12.5 Å². The molecule has 0 bridgehead atoms. The predicted molar refractivity (Wildman–Crippen MR) is 53.6 cm³/mol. The monoisotopic (exact) mass is 205 g/mol. The SMILES string of the molecule is CC1=CNC(C(=O)O)(c2cccnc2)N1. The van der Waals surface area contributed by atoms with Crippen LogP contribution in [0.4, 0.5) is 0 Å². The van der Waals surface area contributed by atoms with E-state index in [4.69, 9.17) is 0 Å². The molecule has 0 radical (unpaired) electrons. The molecule has 78 valence electrons. The van der Waals surface area contributed by atoms with E-state index < -0.39 is 11.6 Å². The van der Waals surface area contributed by atoms with Gasteiger partial charge in [0, 0.05) is 29.9 Å². The average molecular weight is 205 g/mol. The maximum absolute atomic E-state index is 11.3. The van der Waals surface area contributed by atoms with Crippen molar-refractivity contribution in [2.24, 2.45) is 0 Å². The zero-order chi connectivity index (χ0) is 10.9.